The van der Waals surface area contributed by atoms with Crippen LogP contribution in [0.25, 0.3) is 0 Å². The number of aliphatic carboxylic acids is 1. The maximum Gasteiger partial charge on any atom is 0.320 e. The standard InChI is InChI=1S/C5H9NO2/c7-5(8)4-2-1-3-6-4/h4,6H,1-3H2,(H,7,8)/t4-/m0/s1/i4D/hD. The zero-order chi connectivity index (χ0) is 7.78. The first-order valence-electron chi connectivity index (χ1n) is 3.52. The van der Waals surface area contributed by atoms with Crippen LogP contribution in [0.15, 0.2) is 0 Å². The Morgan fingerprint density at radius 3 is 3.12 bits per heavy atom. The van der Waals surface area contributed by atoms with Gasteiger partial charge in [0.2, 0.25) is 0 Å². The molecule has 1 aliphatic heterocycles. The lowest BCUT2D eigenvalue weighted by molar-refractivity contribution is -0.139. The van der Waals surface area contributed by atoms with Crippen LogP contribution in [-0.4, -0.2) is 23.6 Å². The number of hydrogen-bond acceptors (Lipinski definition) is 2. The summed E-state index contributed by atoms with van der Waals surface area (Å²) < 4.78 is 14.4. The van der Waals surface area contributed by atoms with Gasteiger partial charge in [0.25, 0.3) is 0 Å². The summed E-state index contributed by atoms with van der Waals surface area (Å²) in [5, 5.41) is 9.31. The molecule has 8 heavy (non-hydrogen) atoms. The Hall–Kier alpha value is -0.570. The molecule has 3 heteroatoms. The molecule has 0 aromatic rings. The lowest BCUT2D eigenvalue weighted by Crippen LogP contribution is -2.29. The Balaban J connectivity index is 2.75. The smallest absolute Gasteiger partial charge is 0.320 e. The van der Waals surface area contributed by atoms with E-state index in [0.717, 1.165) is 5.31 Å². The van der Waals surface area contributed by atoms with Crippen molar-refractivity contribution in [2.45, 2.75) is 18.9 Å². The van der Waals surface area contributed by atoms with Crippen molar-refractivity contribution in [2.75, 3.05) is 6.54 Å². The highest BCUT2D eigenvalue weighted by atomic mass is 16.4. The van der Waals surface area contributed by atoms with Gasteiger partial charge in [-0.05, 0) is 19.4 Å². The Labute approximate surface area is 50.6 Å². The normalized spacial score (nSPS) is 43.5. The first-order valence-corrected chi connectivity index (χ1v) is 2.57. The van der Waals surface area contributed by atoms with Crippen LogP contribution in [0.5, 0.6) is 0 Å². The van der Waals surface area contributed by atoms with Gasteiger partial charge in [0.05, 0.1) is 1.37 Å². The minimum Gasteiger partial charge on any atom is -0.480 e. The van der Waals surface area contributed by atoms with Crippen molar-refractivity contribution in [3.8, 4) is 0 Å². The highest BCUT2D eigenvalue weighted by Crippen LogP contribution is 2.03. The van der Waals surface area contributed by atoms with Crippen LogP contribution in [0, 0.1) is 0 Å². The number of carbonyl (C=O) groups is 1. The second-order valence-corrected chi connectivity index (χ2v) is 1.74. The van der Waals surface area contributed by atoms with E-state index in [1.165, 1.54) is 0 Å². The van der Waals surface area contributed by atoms with E-state index in [0.29, 0.717) is 13.0 Å². The van der Waals surface area contributed by atoms with Crippen molar-refractivity contribution in [2.24, 2.45) is 0 Å². The average molecular weight is 117 g/mol. The Morgan fingerprint density at radius 2 is 2.88 bits per heavy atom. The fraction of sp³-hybridized carbons (Fsp3) is 0.800. The summed E-state index contributed by atoms with van der Waals surface area (Å²) in [7, 11) is 0. The number of hydrogen-bond donors (Lipinski definition) is 2. The predicted molar refractivity (Wildman–Crippen MR) is 28.7 cm³/mol. The van der Waals surface area contributed by atoms with Gasteiger partial charge in [0.1, 0.15) is 7.43 Å². The lowest BCUT2D eigenvalue weighted by atomic mass is 10.2. The van der Waals surface area contributed by atoms with Crippen molar-refractivity contribution >= 4 is 5.97 Å². The Bertz CT molecular complexity index is 164. The van der Waals surface area contributed by atoms with Crippen LogP contribution in [0.4, 0.5) is 0 Å². The van der Waals surface area contributed by atoms with Crippen molar-refractivity contribution < 1.29 is 12.7 Å². The second kappa shape index (κ2) is 2.13. The molecular weight excluding hydrogens is 106 g/mol. The number of nitrogens with one attached hydrogen (secondary N) is 1. The summed E-state index contributed by atoms with van der Waals surface area (Å²) in [5.41, 5.74) is 0. The van der Waals surface area contributed by atoms with E-state index in [4.69, 9.17) is 7.89 Å². The maximum atomic E-state index is 10.4. The number of carboxylic acids is 1. The van der Waals surface area contributed by atoms with Gasteiger partial charge < -0.3 is 10.4 Å². The third kappa shape index (κ3) is 0.980. The van der Waals surface area contributed by atoms with Crippen LogP contribution < -0.4 is 5.31 Å². The molecule has 1 aliphatic rings. The zero-order valence-electron chi connectivity index (χ0n) is 6.42. The maximum absolute atomic E-state index is 10.4. The van der Waals surface area contributed by atoms with E-state index < -0.39 is 12.0 Å². The van der Waals surface area contributed by atoms with Crippen LogP contribution >= 0.6 is 0 Å². The van der Waals surface area contributed by atoms with Crippen LogP contribution in [0.2, 0.25) is 1.41 Å². The average Bonchev–Trinajstić information content (AvgIpc) is 2.15. The summed E-state index contributed by atoms with van der Waals surface area (Å²) in [5.74, 6) is -1.22. The molecule has 0 saturated carbocycles. The monoisotopic (exact) mass is 117 g/mol. The summed E-state index contributed by atoms with van der Waals surface area (Å²) in [6, 6.07) is -1.68. The summed E-state index contributed by atoms with van der Waals surface area (Å²) >= 11 is 0. The van der Waals surface area contributed by atoms with Crippen LogP contribution in [-0.2, 0) is 4.79 Å². The molecule has 1 rings (SSSR count). The molecule has 0 aromatic carbocycles. The SMILES string of the molecule is [2H]N1CCC[C@@]1([2H])C(=O)O. The highest BCUT2D eigenvalue weighted by Gasteiger charge is 2.20. The van der Waals surface area contributed by atoms with Gasteiger partial charge in [0, 0.05) is 0 Å². The molecule has 1 heterocycles. The van der Waals surface area contributed by atoms with Crippen molar-refractivity contribution in [3.63, 3.8) is 0 Å². The molecular formula is C5H9NO2. The first kappa shape index (κ1) is 3.45. The van der Waals surface area contributed by atoms with Crippen molar-refractivity contribution in [1.82, 2.24) is 5.31 Å². The van der Waals surface area contributed by atoms with Gasteiger partial charge in [-0.2, -0.15) is 0 Å². The molecule has 0 radical (unpaired) electrons. The van der Waals surface area contributed by atoms with E-state index in [-0.39, 0.29) is 6.42 Å². The third-order valence-corrected chi connectivity index (χ3v) is 1.12. The Morgan fingerprint density at radius 1 is 2.12 bits per heavy atom. The zero-order valence-corrected chi connectivity index (χ0v) is 4.42. The second-order valence-electron chi connectivity index (χ2n) is 1.74. The summed E-state index contributed by atoms with van der Waals surface area (Å²) in [6.45, 7) is 0.385. The van der Waals surface area contributed by atoms with E-state index >= 15 is 0 Å². The fourth-order valence-corrected chi connectivity index (χ4v) is 0.714. The van der Waals surface area contributed by atoms with Gasteiger partial charge in [0.15, 0.2) is 0 Å². The molecule has 1 atom stereocenters. The van der Waals surface area contributed by atoms with E-state index in [2.05, 4.69) is 0 Å². The molecule has 3 nitrogen and oxygen atoms in total. The highest BCUT2D eigenvalue weighted by molar-refractivity contribution is 5.73. The molecule has 0 spiro atoms. The van der Waals surface area contributed by atoms with Gasteiger partial charge in [-0.15, -0.1) is 0 Å². The van der Waals surface area contributed by atoms with Gasteiger partial charge in [-0.25, -0.2) is 0 Å². The minimum atomic E-state index is -1.68. The topological polar surface area (TPSA) is 49.3 Å². The minimum absolute atomic E-state index is 0.256. The van der Waals surface area contributed by atoms with E-state index in [9.17, 15) is 4.79 Å². The molecule has 46 valence electrons. The molecule has 0 aromatic heterocycles. The lowest BCUT2D eigenvalue weighted by Gasteiger charge is -1.99. The molecule has 2 N–H and O–H groups in total. The largest absolute Gasteiger partial charge is 0.480 e. The van der Waals surface area contributed by atoms with Crippen molar-refractivity contribution in [1.29, 1.82) is 0 Å². The molecule has 0 bridgehead atoms. The van der Waals surface area contributed by atoms with Gasteiger partial charge >= 0.3 is 5.97 Å². The molecule has 1 saturated heterocycles. The van der Waals surface area contributed by atoms with Gasteiger partial charge in [-0.3, -0.25) is 4.79 Å². The molecule has 0 aliphatic carbocycles. The fourth-order valence-electron chi connectivity index (χ4n) is 0.714. The van der Waals surface area contributed by atoms with Crippen molar-refractivity contribution in [3.05, 3.63) is 0 Å². The van der Waals surface area contributed by atoms with E-state index in [1.807, 2.05) is 0 Å². The predicted octanol–water partition coefficient (Wildman–Crippen LogP) is -0.177. The van der Waals surface area contributed by atoms with Crippen LogP contribution in [0.1, 0.15) is 14.2 Å². The molecule has 1 fully saturated rings. The number of rotatable bonds is 1. The summed E-state index contributed by atoms with van der Waals surface area (Å²) in [4.78, 5) is 10.4. The van der Waals surface area contributed by atoms with Gasteiger partial charge in [-0.1, -0.05) is 0 Å². The molecule has 0 amide bonds. The quantitative estimate of drug-likeness (QED) is 0.501. The summed E-state index contributed by atoms with van der Waals surface area (Å²) in [6.07, 6.45) is 0.880. The first-order chi connectivity index (χ1) is 4.57. The van der Waals surface area contributed by atoms with Crippen LogP contribution in [0.3, 0.4) is 0 Å². The Kier molecular flexibility index (Phi) is 0.921. The van der Waals surface area contributed by atoms with E-state index in [1.54, 1.807) is 0 Å². The molecule has 0 unspecified atom stereocenters. The third-order valence-electron chi connectivity index (χ3n) is 1.12. The number of carboxylic acid groups (broad SMARTS) is 1.